The van der Waals surface area contributed by atoms with Gasteiger partial charge in [-0.05, 0) is 37.3 Å². The van der Waals surface area contributed by atoms with Crippen molar-refractivity contribution in [2.24, 2.45) is 5.92 Å². The zero-order valence-electron chi connectivity index (χ0n) is 15.7. The fourth-order valence-corrected chi connectivity index (χ4v) is 3.20. The van der Waals surface area contributed by atoms with Gasteiger partial charge in [-0.3, -0.25) is 9.59 Å². The highest BCUT2D eigenvalue weighted by Gasteiger charge is 2.29. The Morgan fingerprint density at radius 1 is 1.32 bits per heavy atom. The zero-order chi connectivity index (χ0) is 18.4. The lowest BCUT2D eigenvalue weighted by Gasteiger charge is -2.31. The SMILES string of the molecule is CCOC(=O)C1CCCN(C(=O)Cc2ccc(C(C)C)cc2OC)C1. The van der Waals surface area contributed by atoms with Gasteiger partial charge in [0, 0.05) is 18.7 Å². The number of hydrogen-bond donors (Lipinski definition) is 0. The lowest BCUT2D eigenvalue weighted by Crippen LogP contribution is -2.43. The number of rotatable bonds is 6. The second-order valence-corrected chi connectivity index (χ2v) is 6.83. The van der Waals surface area contributed by atoms with Crippen LogP contribution in [0.25, 0.3) is 0 Å². The van der Waals surface area contributed by atoms with Crippen LogP contribution in [-0.4, -0.2) is 43.6 Å². The number of carbonyl (C=O) groups excluding carboxylic acids is 2. The van der Waals surface area contributed by atoms with Crippen LogP contribution in [-0.2, 0) is 20.7 Å². The quantitative estimate of drug-likeness (QED) is 0.742. The molecule has 0 bridgehead atoms. The van der Waals surface area contributed by atoms with Crippen molar-refractivity contribution < 1.29 is 19.1 Å². The lowest BCUT2D eigenvalue weighted by atomic mass is 9.96. The monoisotopic (exact) mass is 347 g/mol. The van der Waals surface area contributed by atoms with Crippen LogP contribution in [0.2, 0.25) is 0 Å². The summed E-state index contributed by atoms with van der Waals surface area (Å²) >= 11 is 0. The van der Waals surface area contributed by atoms with Crippen molar-refractivity contribution in [3.63, 3.8) is 0 Å². The second-order valence-electron chi connectivity index (χ2n) is 6.83. The summed E-state index contributed by atoms with van der Waals surface area (Å²) in [5.74, 6) is 0.788. The van der Waals surface area contributed by atoms with Crippen LogP contribution in [0.4, 0.5) is 0 Å². The van der Waals surface area contributed by atoms with Gasteiger partial charge in [0.05, 0.1) is 26.1 Å². The maximum atomic E-state index is 12.7. The standard InChI is InChI=1S/C20H29NO4/c1-5-25-20(23)17-7-6-10-21(13-17)19(22)12-16-9-8-15(14(2)3)11-18(16)24-4/h8-9,11,14,17H,5-7,10,12-13H2,1-4H3. The van der Waals surface area contributed by atoms with E-state index in [1.165, 1.54) is 5.56 Å². The molecule has 0 aliphatic carbocycles. The number of ether oxygens (including phenoxy) is 2. The normalized spacial score (nSPS) is 17.5. The molecule has 1 unspecified atom stereocenters. The Morgan fingerprint density at radius 3 is 2.72 bits per heavy atom. The van der Waals surface area contributed by atoms with E-state index in [9.17, 15) is 9.59 Å². The van der Waals surface area contributed by atoms with Gasteiger partial charge in [-0.25, -0.2) is 0 Å². The van der Waals surface area contributed by atoms with Gasteiger partial charge in [0.1, 0.15) is 5.75 Å². The highest BCUT2D eigenvalue weighted by atomic mass is 16.5. The third-order valence-corrected chi connectivity index (χ3v) is 4.71. The van der Waals surface area contributed by atoms with E-state index in [0.717, 1.165) is 24.2 Å². The number of nitrogens with zero attached hydrogens (tertiary/aromatic N) is 1. The number of esters is 1. The molecule has 0 N–H and O–H groups in total. The van der Waals surface area contributed by atoms with E-state index in [-0.39, 0.29) is 24.2 Å². The Balaban J connectivity index is 2.05. The molecule has 5 heteroatoms. The van der Waals surface area contributed by atoms with Crippen LogP contribution >= 0.6 is 0 Å². The fraction of sp³-hybridized carbons (Fsp3) is 0.600. The molecule has 25 heavy (non-hydrogen) atoms. The van der Waals surface area contributed by atoms with Gasteiger partial charge < -0.3 is 14.4 Å². The third kappa shape index (κ3) is 4.97. The molecule has 1 saturated heterocycles. The van der Waals surface area contributed by atoms with Gasteiger partial charge in [-0.15, -0.1) is 0 Å². The molecular weight excluding hydrogens is 318 g/mol. The molecule has 1 aliphatic rings. The molecule has 1 aromatic rings. The highest BCUT2D eigenvalue weighted by Crippen LogP contribution is 2.26. The molecule has 0 spiro atoms. The molecule has 1 aromatic carbocycles. The van der Waals surface area contributed by atoms with Crippen LogP contribution in [0.15, 0.2) is 18.2 Å². The minimum Gasteiger partial charge on any atom is -0.496 e. The summed E-state index contributed by atoms with van der Waals surface area (Å²) in [6.07, 6.45) is 1.91. The molecule has 1 aliphatic heterocycles. The Morgan fingerprint density at radius 2 is 2.08 bits per heavy atom. The Hall–Kier alpha value is -2.04. The summed E-state index contributed by atoms with van der Waals surface area (Å²) in [6.45, 7) is 7.58. The summed E-state index contributed by atoms with van der Waals surface area (Å²) < 4.78 is 10.6. The average Bonchev–Trinajstić information content (AvgIpc) is 2.62. The zero-order valence-corrected chi connectivity index (χ0v) is 15.7. The van der Waals surface area contributed by atoms with Crippen molar-refractivity contribution in [3.05, 3.63) is 29.3 Å². The molecule has 1 heterocycles. The molecule has 0 radical (unpaired) electrons. The number of piperidine rings is 1. The largest absolute Gasteiger partial charge is 0.496 e. The average molecular weight is 347 g/mol. The van der Waals surface area contributed by atoms with E-state index in [1.54, 1.807) is 18.9 Å². The second kappa shape index (κ2) is 8.88. The number of methoxy groups -OCH3 is 1. The third-order valence-electron chi connectivity index (χ3n) is 4.71. The lowest BCUT2D eigenvalue weighted by molar-refractivity contribution is -0.151. The van der Waals surface area contributed by atoms with Crippen LogP contribution in [0, 0.1) is 5.92 Å². The first-order chi connectivity index (χ1) is 12.0. The number of amides is 1. The van der Waals surface area contributed by atoms with Gasteiger partial charge in [-0.2, -0.15) is 0 Å². The molecule has 2 rings (SSSR count). The molecule has 1 atom stereocenters. The fourth-order valence-electron chi connectivity index (χ4n) is 3.20. The van der Waals surface area contributed by atoms with Gasteiger partial charge in [0.15, 0.2) is 0 Å². The van der Waals surface area contributed by atoms with E-state index in [0.29, 0.717) is 25.6 Å². The first-order valence-electron chi connectivity index (χ1n) is 9.07. The molecule has 138 valence electrons. The Bertz CT molecular complexity index is 612. The van der Waals surface area contributed by atoms with Gasteiger partial charge in [0.2, 0.25) is 5.91 Å². The van der Waals surface area contributed by atoms with Crippen molar-refractivity contribution >= 4 is 11.9 Å². The Labute approximate surface area is 150 Å². The minimum atomic E-state index is -0.206. The summed E-state index contributed by atoms with van der Waals surface area (Å²) in [6, 6.07) is 6.02. The van der Waals surface area contributed by atoms with Crippen molar-refractivity contribution in [1.29, 1.82) is 0 Å². The van der Waals surface area contributed by atoms with Crippen molar-refractivity contribution in [2.75, 3.05) is 26.8 Å². The maximum absolute atomic E-state index is 12.7. The topological polar surface area (TPSA) is 55.8 Å². The molecule has 5 nitrogen and oxygen atoms in total. The number of hydrogen-bond acceptors (Lipinski definition) is 4. The van der Waals surface area contributed by atoms with E-state index in [2.05, 4.69) is 13.8 Å². The predicted molar refractivity (Wildman–Crippen MR) is 96.7 cm³/mol. The summed E-state index contributed by atoms with van der Waals surface area (Å²) in [7, 11) is 1.63. The summed E-state index contributed by atoms with van der Waals surface area (Å²) in [4.78, 5) is 26.4. The van der Waals surface area contributed by atoms with Crippen LogP contribution in [0.5, 0.6) is 5.75 Å². The highest BCUT2D eigenvalue weighted by molar-refractivity contribution is 5.81. The van der Waals surface area contributed by atoms with Crippen molar-refractivity contribution in [3.8, 4) is 5.75 Å². The van der Waals surface area contributed by atoms with Gasteiger partial charge in [-0.1, -0.05) is 26.0 Å². The molecule has 0 aromatic heterocycles. The van der Waals surface area contributed by atoms with E-state index >= 15 is 0 Å². The number of benzene rings is 1. The van der Waals surface area contributed by atoms with E-state index < -0.39 is 0 Å². The van der Waals surface area contributed by atoms with Crippen LogP contribution in [0.1, 0.15) is 50.7 Å². The van der Waals surface area contributed by atoms with Crippen molar-refractivity contribution in [2.45, 2.75) is 46.0 Å². The van der Waals surface area contributed by atoms with Crippen LogP contribution in [0.3, 0.4) is 0 Å². The van der Waals surface area contributed by atoms with E-state index in [4.69, 9.17) is 9.47 Å². The summed E-state index contributed by atoms with van der Waals surface area (Å²) in [5.41, 5.74) is 2.07. The first kappa shape index (κ1) is 19.3. The smallest absolute Gasteiger partial charge is 0.310 e. The van der Waals surface area contributed by atoms with E-state index in [1.807, 2.05) is 18.2 Å². The first-order valence-corrected chi connectivity index (χ1v) is 9.07. The number of likely N-dealkylation sites (tertiary alicyclic amines) is 1. The van der Waals surface area contributed by atoms with Crippen molar-refractivity contribution in [1.82, 2.24) is 4.90 Å². The summed E-state index contributed by atoms with van der Waals surface area (Å²) in [5, 5.41) is 0. The Kier molecular flexibility index (Phi) is 6.85. The molecule has 1 amide bonds. The molecule has 1 fully saturated rings. The molecule has 0 saturated carbocycles. The van der Waals surface area contributed by atoms with Gasteiger partial charge in [0.25, 0.3) is 0 Å². The van der Waals surface area contributed by atoms with Crippen LogP contribution < -0.4 is 4.74 Å². The predicted octanol–water partition coefficient (Wildman–Crippen LogP) is 3.16. The maximum Gasteiger partial charge on any atom is 0.310 e. The minimum absolute atomic E-state index is 0.0320. The van der Waals surface area contributed by atoms with Gasteiger partial charge >= 0.3 is 5.97 Å². The number of carbonyl (C=O) groups is 2. The molecular formula is C20H29NO4.